The average molecular weight is 739 g/mol. The first-order valence-electron chi connectivity index (χ1n) is 17.6. The monoisotopic (exact) mass is 738 g/mol. The third-order valence-electron chi connectivity index (χ3n) is 9.23. The van der Waals surface area contributed by atoms with Crippen molar-refractivity contribution in [2.45, 2.75) is 61.2 Å². The predicted octanol–water partition coefficient (Wildman–Crippen LogP) is 8.62. The maximum atomic E-state index is 13.2. The molecule has 0 saturated carbocycles. The highest BCUT2D eigenvalue weighted by molar-refractivity contribution is 8.00. The molecule has 0 amide bonds. The molecule has 5 aromatic rings. The number of ether oxygens (including phenoxy) is 6. The van der Waals surface area contributed by atoms with Gasteiger partial charge in [0.25, 0.3) is 0 Å². The lowest BCUT2D eigenvalue weighted by molar-refractivity contribution is -0.199. The Kier molecular flexibility index (Phi) is 12.7. The van der Waals surface area contributed by atoms with E-state index in [0.717, 1.165) is 22.3 Å². The van der Waals surface area contributed by atoms with Crippen molar-refractivity contribution < 1.29 is 33.5 Å². The number of hydrogen-bond donors (Lipinski definition) is 1. The maximum Gasteiger partial charge on any atom is 0.185 e. The van der Waals surface area contributed by atoms with Crippen LogP contribution < -0.4 is 0 Å². The quantitative estimate of drug-likeness (QED) is 0.115. The molecule has 0 aliphatic carbocycles. The summed E-state index contributed by atoms with van der Waals surface area (Å²) in [5.41, 5.74) is 5.29. The Bertz CT molecular complexity index is 1810. The third-order valence-corrected chi connectivity index (χ3v) is 11.1. The number of halogens is 1. The number of hydrogen-bond acceptors (Lipinski definition) is 8. The topological polar surface area (TPSA) is 75.6 Å². The summed E-state index contributed by atoms with van der Waals surface area (Å²) >= 11 is 8.08. The summed E-state index contributed by atoms with van der Waals surface area (Å²) in [5.74, 6) is 0. The summed E-state index contributed by atoms with van der Waals surface area (Å²) in [6, 6.07) is 45.5. The average Bonchev–Trinajstić information content (AvgIpc) is 3.73. The van der Waals surface area contributed by atoms with E-state index in [0.29, 0.717) is 42.6 Å². The molecular weight excluding hydrogens is 696 g/mol. The second-order valence-electron chi connectivity index (χ2n) is 12.9. The van der Waals surface area contributed by atoms with Crippen LogP contribution in [-0.4, -0.2) is 48.5 Å². The molecule has 2 aliphatic heterocycles. The van der Waals surface area contributed by atoms with Crippen LogP contribution in [0.4, 0.5) is 0 Å². The van der Waals surface area contributed by atoms with Gasteiger partial charge in [-0.3, -0.25) is 0 Å². The van der Waals surface area contributed by atoms with E-state index >= 15 is 0 Å². The van der Waals surface area contributed by atoms with Gasteiger partial charge in [-0.25, -0.2) is 0 Å². The van der Waals surface area contributed by atoms with Gasteiger partial charge in [0, 0.05) is 10.6 Å². The second-order valence-corrected chi connectivity index (χ2v) is 14.8. The summed E-state index contributed by atoms with van der Waals surface area (Å²) in [5, 5.41) is 13.3. The standard InChI is InChI=1S/C43H43ClO7S/c44-37-22-21-35(25-36(37)42-47-23-24-48-42)43(45)41(51-29-34-19-11-4-12-20-34)40(50-28-33-17-9-3-10-18-33)39(49-27-32-15-7-2-8-16-32)38(52-43)30-46-26-31-13-5-1-6-14-31/h1-22,25,38-42,45H,23-24,26-30H2/t38-,39+,40-,41+,43-/m0/s1. The van der Waals surface area contributed by atoms with Gasteiger partial charge in [0.15, 0.2) is 11.2 Å². The van der Waals surface area contributed by atoms with E-state index in [-0.39, 0.29) is 25.1 Å². The molecule has 52 heavy (non-hydrogen) atoms. The molecule has 0 bridgehead atoms. The fraction of sp³-hybridized carbons (Fsp3) is 0.302. The van der Waals surface area contributed by atoms with E-state index < -0.39 is 29.5 Å². The van der Waals surface area contributed by atoms with Gasteiger partial charge < -0.3 is 33.5 Å². The predicted molar refractivity (Wildman–Crippen MR) is 203 cm³/mol. The van der Waals surface area contributed by atoms with Gasteiger partial charge >= 0.3 is 0 Å². The van der Waals surface area contributed by atoms with E-state index in [4.69, 9.17) is 40.0 Å². The molecule has 1 N–H and O–H groups in total. The molecule has 0 aromatic heterocycles. The molecule has 7 nitrogen and oxygen atoms in total. The van der Waals surface area contributed by atoms with Crippen LogP contribution in [0.1, 0.15) is 39.7 Å². The van der Waals surface area contributed by atoms with Gasteiger partial charge in [0.05, 0.1) is 51.5 Å². The van der Waals surface area contributed by atoms with Crippen molar-refractivity contribution in [2.24, 2.45) is 0 Å². The Morgan fingerprint density at radius 2 is 1.10 bits per heavy atom. The number of aliphatic hydroxyl groups is 1. The van der Waals surface area contributed by atoms with Gasteiger partial charge in [-0.2, -0.15) is 0 Å². The molecule has 270 valence electrons. The van der Waals surface area contributed by atoms with Crippen molar-refractivity contribution in [3.05, 3.63) is 178 Å². The summed E-state index contributed by atoms with van der Waals surface area (Å²) in [4.78, 5) is -1.62. The zero-order chi connectivity index (χ0) is 35.6. The van der Waals surface area contributed by atoms with Gasteiger partial charge in [-0.1, -0.05) is 139 Å². The van der Waals surface area contributed by atoms with Crippen molar-refractivity contribution in [1.29, 1.82) is 0 Å². The summed E-state index contributed by atoms with van der Waals surface area (Å²) in [7, 11) is 0. The molecule has 5 atom stereocenters. The Morgan fingerprint density at radius 3 is 1.63 bits per heavy atom. The molecular formula is C43H43ClO7S. The fourth-order valence-electron chi connectivity index (χ4n) is 6.57. The molecule has 0 spiro atoms. The smallest absolute Gasteiger partial charge is 0.185 e. The fourth-order valence-corrected chi connectivity index (χ4v) is 8.37. The summed E-state index contributed by atoms with van der Waals surface area (Å²) < 4.78 is 38.7. The Morgan fingerprint density at radius 1 is 0.615 bits per heavy atom. The van der Waals surface area contributed by atoms with Crippen LogP contribution in [0.2, 0.25) is 5.02 Å². The van der Waals surface area contributed by atoms with Crippen molar-refractivity contribution in [2.75, 3.05) is 19.8 Å². The molecule has 2 aliphatic rings. The van der Waals surface area contributed by atoms with Crippen molar-refractivity contribution >= 4 is 23.4 Å². The molecule has 0 radical (unpaired) electrons. The molecule has 0 unspecified atom stereocenters. The Hall–Kier alpha value is -3.54. The van der Waals surface area contributed by atoms with Crippen LogP contribution in [0.25, 0.3) is 0 Å². The van der Waals surface area contributed by atoms with Gasteiger partial charge in [-0.15, -0.1) is 11.8 Å². The Labute approximate surface area is 314 Å². The lowest BCUT2D eigenvalue weighted by Gasteiger charge is -2.50. The number of thioether (sulfide) groups is 1. The maximum absolute atomic E-state index is 13.2. The minimum atomic E-state index is -1.62. The highest BCUT2D eigenvalue weighted by Gasteiger charge is 2.57. The highest BCUT2D eigenvalue weighted by atomic mass is 35.5. The molecule has 5 aromatic carbocycles. The SMILES string of the molecule is O[C@@]1(c2ccc(Cl)c(C3OCCO3)c2)S[C@@H](COCc2ccccc2)[C@@H](OCc2ccccc2)[C@H](OCc2ccccc2)[C@H]1OCc1ccccc1. The Balaban J connectivity index is 1.29. The molecule has 7 rings (SSSR count). The molecule has 2 saturated heterocycles. The lowest BCUT2D eigenvalue weighted by atomic mass is 9.92. The largest absolute Gasteiger partial charge is 0.376 e. The van der Waals surface area contributed by atoms with E-state index in [1.54, 1.807) is 6.07 Å². The van der Waals surface area contributed by atoms with Gasteiger partial charge in [0.2, 0.25) is 0 Å². The van der Waals surface area contributed by atoms with Crippen LogP contribution in [0.3, 0.4) is 0 Å². The first-order valence-corrected chi connectivity index (χ1v) is 18.8. The summed E-state index contributed by atoms with van der Waals surface area (Å²) in [6.07, 6.45) is -2.77. The first-order chi connectivity index (χ1) is 25.6. The lowest BCUT2D eigenvalue weighted by Crippen LogP contribution is -2.61. The second kappa shape index (κ2) is 18.0. The van der Waals surface area contributed by atoms with Gasteiger partial charge in [-0.05, 0) is 39.9 Å². The molecule has 2 fully saturated rings. The van der Waals surface area contributed by atoms with Crippen molar-refractivity contribution in [3.8, 4) is 0 Å². The first kappa shape index (κ1) is 36.8. The normalized spacial score (nSPS) is 23.5. The summed E-state index contributed by atoms with van der Waals surface area (Å²) in [6.45, 7) is 2.50. The van der Waals surface area contributed by atoms with Crippen LogP contribution in [0.15, 0.2) is 140 Å². The minimum Gasteiger partial charge on any atom is -0.376 e. The number of benzene rings is 5. The van der Waals surface area contributed by atoms with Crippen LogP contribution in [0, 0.1) is 0 Å². The zero-order valence-electron chi connectivity index (χ0n) is 28.8. The van der Waals surface area contributed by atoms with E-state index in [1.807, 2.05) is 133 Å². The van der Waals surface area contributed by atoms with Gasteiger partial charge in [0.1, 0.15) is 18.3 Å². The molecule has 2 heterocycles. The number of rotatable bonds is 15. The zero-order valence-corrected chi connectivity index (χ0v) is 30.4. The molecule has 9 heteroatoms. The van der Waals surface area contributed by atoms with Crippen molar-refractivity contribution in [1.82, 2.24) is 0 Å². The van der Waals surface area contributed by atoms with Crippen molar-refractivity contribution in [3.63, 3.8) is 0 Å². The van der Waals surface area contributed by atoms with E-state index in [2.05, 4.69) is 0 Å². The highest BCUT2D eigenvalue weighted by Crippen LogP contribution is 2.51. The third kappa shape index (κ3) is 9.15. The van der Waals surface area contributed by atoms with Crippen LogP contribution in [0.5, 0.6) is 0 Å². The minimum absolute atomic E-state index is 0.245. The van der Waals surface area contributed by atoms with Crippen LogP contribution >= 0.6 is 23.4 Å². The van der Waals surface area contributed by atoms with E-state index in [9.17, 15) is 5.11 Å². The van der Waals surface area contributed by atoms with Crippen LogP contribution in [-0.2, 0) is 59.8 Å². The van der Waals surface area contributed by atoms with E-state index in [1.165, 1.54) is 11.8 Å².